The standard InChI is InChI=1S/C9H15N3O2/c1-6(5-14-3)10-8-4-9(13)12-7(2)11-8/h4,6H,5H2,1-3H3,(H2,10,11,12,13). The monoisotopic (exact) mass is 197 g/mol. The molecule has 78 valence electrons. The zero-order chi connectivity index (χ0) is 10.6. The van der Waals surface area contributed by atoms with Crippen LogP contribution in [0.5, 0.6) is 0 Å². The molecule has 1 atom stereocenters. The molecule has 0 saturated heterocycles. The summed E-state index contributed by atoms with van der Waals surface area (Å²) in [7, 11) is 1.63. The van der Waals surface area contributed by atoms with E-state index in [0.717, 1.165) is 0 Å². The Labute approximate surface area is 82.5 Å². The number of nitrogens with zero attached hydrogens (tertiary/aromatic N) is 1. The average Bonchev–Trinajstić information content (AvgIpc) is 2.01. The summed E-state index contributed by atoms with van der Waals surface area (Å²) in [6.45, 7) is 4.28. The lowest BCUT2D eigenvalue weighted by molar-refractivity contribution is 0.190. The van der Waals surface area contributed by atoms with Crippen molar-refractivity contribution in [3.63, 3.8) is 0 Å². The first-order chi connectivity index (χ1) is 6.61. The Bertz CT molecular complexity index is 348. The van der Waals surface area contributed by atoms with Crippen LogP contribution in [0, 0.1) is 6.92 Å². The smallest absolute Gasteiger partial charge is 0.252 e. The molecule has 0 fully saturated rings. The molecule has 0 aliphatic rings. The van der Waals surface area contributed by atoms with Crippen LogP contribution in [0.3, 0.4) is 0 Å². The van der Waals surface area contributed by atoms with E-state index < -0.39 is 0 Å². The zero-order valence-corrected chi connectivity index (χ0v) is 8.63. The van der Waals surface area contributed by atoms with Crippen molar-refractivity contribution in [2.45, 2.75) is 19.9 Å². The summed E-state index contributed by atoms with van der Waals surface area (Å²) < 4.78 is 4.96. The summed E-state index contributed by atoms with van der Waals surface area (Å²) in [4.78, 5) is 17.8. The Kier molecular flexibility index (Phi) is 3.64. The molecular formula is C9H15N3O2. The predicted molar refractivity (Wildman–Crippen MR) is 54.6 cm³/mol. The van der Waals surface area contributed by atoms with Gasteiger partial charge in [-0.3, -0.25) is 4.79 Å². The van der Waals surface area contributed by atoms with Gasteiger partial charge in [-0.1, -0.05) is 0 Å². The van der Waals surface area contributed by atoms with E-state index in [2.05, 4.69) is 15.3 Å². The van der Waals surface area contributed by atoms with E-state index in [1.54, 1.807) is 14.0 Å². The molecule has 1 rings (SSSR count). The molecule has 1 aromatic heterocycles. The number of aromatic nitrogens is 2. The van der Waals surface area contributed by atoms with E-state index in [0.29, 0.717) is 18.2 Å². The molecule has 0 radical (unpaired) electrons. The lowest BCUT2D eigenvalue weighted by Crippen LogP contribution is -2.23. The van der Waals surface area contributed by atoms with Gasteiger partial charge in [-0.2, -0.15) is 0 Å². The maximum absolute atomic E-state index is 11.1. The van der Waals surface area contributed by atoms with Crippen molar-refractivity contribution in [3.05, 3.63) is 22.2 Å². The molecule has 14 heavy (non-hydrogen) atoms. The Morgan fingerprint density at radius 2 is 2.43 bits per heavy atom. The molecular weight excluding hydrogens is 182 g/mol. The van der Waals surface area contributed by atoms with Gasteiger partial charge in [-0.15, -0.1) is 0 Å². The summed E-state index contributed by atoms with van der Waals surface area (Å²) in [5.41, 5.74) is -0.149. The third-order valence-corrected chi connectivity index (χ3v) is 1.67. The Morgan fingerprint density at radius 1 is 1.71 bits per heavy atom. The predicted octanol–water partition coefficient (Wildman–Crippen LogP) is 0.525. The minimum atomic E-state index is -0.149. The van der Waals surface area contributed by atoms with E-state index >= 15 is 0 Å². The fraction of sp³-hybridized carbons (Fsp3) is 0.556. The number of methoxy groups -OCH3 is 1. The maximum Gasteiger partial charge on any atom is 0.252 e. The highest BCUT2D eigenvalue weighted by Gasteiger charge is 2.03. The van der Waals surface area contributed by atoms with Crippen LogP contribution in [-0.4, -0.2) is 29.7 Å². The van der Waals surface area contributed by atoms with Gasteiger partial charge in [0.25, 0.3) is 5.56 Å². The molecule has 0 aliphatic heterocycles. The number of aromatic amines is 1. The number of hydrogen-bond donors (Lipinski definition) is 2. The number of ether oxygens (including phenoxy) is 1. The van der Waals surface area contributed by atoms with Crippen molar-refractivity contribution in [1.82, 2.24) is 9.97 Å². The number of hydrogen-bond acceptors (Lipinski definition) is 4. The Morgan fingerprint density at radius 3 is 3.00 bits per heavy atom. The number of nitrogens with one attached hydrogen (secondary N) is 2. The van der Waals surface area contributed by atoms with Crippen molar-refractivity contribution in [2.24, 2.45) is 0 Å². The minimum absolute atomic E-state index is 0.133. The van der Waals surface area contributed by atoms with Crippen molar-refractivity contribution in [1.29, 1.82) is 0 Å². The fourth-order valence-electron chi connectivity index (χ4n) is 1.20. The molecule has 1 heterocycles. The van der Waals surface area contributed by atoms with Crippen LogP contribution in [0.25, 0.3) is 0 Å². The summed E-state index contributed by atoms with van der Waals surface area (Å²) in [6.07, 6.45) is 0. The second-order valence-corrected chi connectivity index (χ2v) is 3.22. The van der Waals surface area contributed by atoms with Crippen LogP contribution in [0.15, 0.2) is 10.9 Å². The molecule has 0 spiro atoms. The quantitative estimate of drug-likeness (QED) is 0.738. The van der Waals surface area contributed by atoms with E-state index in [1.165, 1.54) is 6.07 Å². The maximum atomic E-state index is 11.1. The second kappa shape index (κ2) is 4.76. The first kappa shape index (κ1) is 10.7. The van der Waals surface area contributed by atoms with Crippen LogP contribution in [0.1, 0.15) is 12.7 Å². The molecule has 0 aliphatic carbocycles. The fourth-order valence-corrected chi connectivity index (χ4v) is 1.20. The second-order valence-electron chi connectivity index (χ2n) is 3.22. The van der Waals surface area contributed by atoms with Gasteiger partial charge in [0.15, 0.2) is 0 Å². The first-order valence-corrected chi connectivity index (χ1v) is 4.45. The van der Waals surface area contributed by atoms with Gasteiger partial charge in [0.05, 0.1) is 6.61 Å². The molecule has 0 bridgehead atoms. The Hall–Kier alpha value is -1.36. The molecule has 0 amide bonds. The minimum Gasteiger partial charge on any atom is -0.383 e. The van der Waals surface area contributed by atoms with E-state index in [-0.39, 0.29) is 11.6 Å². The number of aryl methyl sites for hydroxylation is 1. The third kappa shape index (κ3) is 3.18. The lowest BCUT2D eigenvalue weighted by Gasteiger charge is -2.12. The summed E-state index contributed by atoms with van der Waals surface area (Å²) in [6, 6.07) is 1.56. The van der Waals surface area contributed by atoms with Gasteiger partial charge >= 0.3 is 0 Å². The van der Waals surface area contributed by atoms with Gasteiger partial charge < -0.3 is 15.0 Å². The zero-order valence-electron chi connectivity index (χ0n) is 8.63. The molecule has 5 heteroatoms. The van der Waals surface area contributed by atoms with Crippen LogP contribution >= 0.6 is 0 Å². The molecule has 1 aromatic rings. The van der Waals surface area contributed by atoms with E-state index in [9.17, 15) is 4.79 Å². The highest BCUT2D eigenvalue weighted by Crippen LogP contribution is 2.00. The van der Waals surface area contributed by atoms with Gasteiger partial charge in [-0.25, -0.2) is 4.98 Å². The largest absolute Gasteiger partial charge is 0.383 e. The summed E-state index contributed by atoms with van der Waals surface area (Å²) in [5, 5.41) is 3.07. The molecule has 5 nitrogen and oxygen atoms in total. The van der Waals surface area contributed by atoms with Crippen LogP contribution in [0.4, 0.5) is 5.82 Å². The van der Waals surface area contributed by atoms with Gasteiger partial charge in [0.2, 0.25) is 0 Å². The summed E-state index contributed by atoms with van der Waals surface area (Å²) in [5.74, 6) is 1.18. The highest BCUT2D eigenvalue weighted by molar-refractivity contribution is 5.33. The number of H-pyrrole nitrogens is 1. The molecule has 1 unspecified atom stereocenters. The van der Waals surface area contributed by atoms with Crippen molar-refractivity contribution in [3.8, 4) is 0 Å². The van der Waals surface area contributed by atoms with Crippen molar-refractivity contribution >= 4 is 5.82 Å². The molecule has 0 aromatic carbocycles. The summed E-state index contributed by atoms with van der Waals surface area (Å²) >= 11 is 0. The third-order valence-electron chi connectivity index (χ3n) is 1.67. The highest BCUT2D eigenvalue weighted by atomic mass is 16.5. The average molecular weight is 197 g/mol. The van der Waals surface area contributed by atoms with Gasteiger partial charge in [0.1, 0.15) is 11.6 Å². The van der Waals surface area contributed by atoms with Crippen LogP contribution < -0.4 is 10.9 Å². The SMILES string of the molecule is COCC(C)Nc1cc(=O)[nH]c(C)n1. The Balaban J connectivity index is 2.71. The van der Waals surface area contributed by atoms with Crippen molar-refractivity contribution in [2.75, 3.05) is 19.0 Å². The number of rotatable bonds is 4. The van der Waals surface area contributed by atoms with Gasteiger partial charge in [0, 0.05) is 19.2 Å². The molecule has 0 saturated carbocycles. The van der Waals surface area contributed by atoms with E-state index in [4.69, 9.17) is 4.74 Å². The van der Waals surface area contributed by atoms with Crippen LogP contribution in [0.2, 0.25) is 0 Å². The normalized spacial score (nSPS) is 12.5. The van der Waals surface area contributed by atoms with E-state index in [1.807, 2.05) is 6.92 Å². The number of anilines is 1. The topological polar surface area (TPSA) is 67.0 Å². The molecule has 2 N–H and O–H groups in total. The van der Waals surface area contributed by atoms with Crippen molar-refractivity contribution < 1.29 is 4.74 Å². The van der Waals surface area contributed by atoms with Gasteiger partial charge in [-0.05, 0) is 13.8 Å². The van der Waals surface area contributed by atoms with Crippen LogP contribution in [-0.2, 0) is 4.74 Å². The first-order valence-electron chi connectivity index (χ1n) is 4.45. The lowest BCUT2D eigenvalue weighted by atomic mass is 10.3.